The molecule has 15 heavy (non-hydrogen) atoms. The Kier molecular flexibility index (Phi) is 5.43. The van der Waals surface area contributed by atoms with Gasteiger partial charge in [-0.2, -0.15) is 12.6 Å². The summed E-state index contributed by atoms with van der Waals surface area (Å²) in [4.78, 5) is 2.12. The van der Waals surface area contributed by atoms with E-state index in [2.05, 4.69) is 23.6 Å². The number of hydrogen-bond acceptors (Lipinski definition) is 2. The second-order valence-electron chi connectivity index (χ2n) is 3.48. The highest BCUT2D eigenvalue weighted by Gasteiger charge is 1.99. The highest BCUT2D eigenvalue weighted by atomic mass is 32.1. The molecule has 1 aromatic carbocycles. The van der Waals surface area contributed by atoms with Crippen LogP contribution in [0.25, 0.3) is 0 Å². The maximum absolute atomic E-state index is 12.9. The van der Waals surface area contributed by atoms with Crippen LogP contribution in [0, 0.1) is 5.82 Å². The maximum atomic E-state index is 12.9. The molecule has 0 atom stereocenters. The molecule has 0 saturated heterocycles. The summed E-state index contributed by atoms with van der Waals surface area (Å²) >= 11 is 4.08. The molecule has 1 aromatic rings. The number of thiol groups is 1. The zero-order chi connectivity index (χ0) is 11.1. The summed E-state index contributed by atoms with van der Waals surface area (Å²) in [6, 6.07) is 6.70. The molecular weight excluding hydrogens is 209 g/mol. The van der Waals surface area contributed by atoms with Gasteiger partial charge < -0.3 is 0 Å². The Labute approximate surface area is 96.0 Å². The zero-order valence-corrected chi connectivity index (χ0v) is 9.75. The molecule has 1 rings (SSSR count). The molecule has 0 saturated carbocycles. The first-order chi connectivity index (χ1) is 7.22. The topological polar surface area (TPSA) is 3.24 Å². The summed E-state index contributed by atoms with van der Waals surface area (Å²) in [5.41, 5.74) is 0.997. The van der Waals surface area contributed by atoms with Crippen molar-refractivity contribution in [1.82, 2.24) is 4.90 Å². The largest absolute Gasteiger partial charge is 0.298 e. The van der Waals surface area contributed by atoms with Gasteiger partial charge in [0.1, 0.15) is 5.82 Å². The van der Waals surface area contributed by atoms with Gasteiger partial charge in [-0.05, 0) is 24.7 Å². The van der Waals surface area contributed by atoms with Gasteiger partial charge in [-0.3, -0.25) is 4.90 Å². The molecule has 0 fully saturated rings. The van der Waals surface area contributed by atoms with Crippen LogP contribution in [0.1, 0.15) is 5.56 Å². The molecular formula is C12H16FNS. The molecule has 0 spiro atoms. The van der Waals surface area contributed by atoms with Gasteiger partial charge in [0, 0.05) is 18.8 Å². The van der Waals surface area contributed by atoms with Crippen LogP contribution in [0.5, 0.6) is 0 Å². The van der Waals surface area contributed by atoms with E-state index in [-0.39, 0.29) is 5.82 Å². The van der Waals surface area contributed by atoms with Gasteiger partial charge in [0.25, 0.3) is 0 Å². The highest BCUT2D eigenvalue weighted by molar-refractivity contribution is 7.80. The van der Waals surface area contributed by atoms with Crippen LogP contribution >= 0.6 is 12.6 Å². The third-order valence-electron chi connectivity index (χ3n) is 2.03. The fraction of sp³-hybridized carbons (Fsp3) is 0.333. The van der Waals surface area contributed by atoms with Crippen molar-refractivity contribution >= 4 is 12.6 Å². The molecule has 0 bridgehead atoms. The second kappa shape index (κ2) is 6.64. The van der Waals surface area contributed by atoms with Crippen LogP contribution in [0.3, 0.4) is 0 Å². The maximum Gasteiger partial charge on any atom is 0.123 e. The van der Waals surface area contributed by atoms with Crippen LogP contribution < -0.4 is 0 Å². The Balaban J connectivity index is 2.44. The van der Waals surface area contributed by atoms with Crippen molar-refractivity contribution in [2.24, 2.45) is 0 Å². The minimum Gasteiger partial charge on any atom is -0.298 e. The lowest BCUT2D eigenvalue weighted by molar-refractivity contribution is 0.362. The molecule has 3 heteroatoms. The van der Waals surface area contributed by atoms with E-state index < -0.39 is 0 Å². The average molecular weight is 225 g/mol. The van der Waals surface area contributed by atoms with Gasteiger partial charge in [0.15, 0.2) is 0 Å². The minimum atomic E-state index is -0.174. The molecule has 0 amide bonds. The molecule has 82 valence electrons. The molecule has 1 nitrogen and oxygen atoms in total. The van der Waals surface area contributed by atoms with Crippen LogP contribution in [0.4, 0.5) is 4.39 Å². The Hall–Kier alpha value is -0.800. The quantitative estimate of drug-likeness (QED) is 0.595. The molecule has 0 aliphatic heterocycles. The third-order valence-corrected chi connectivity index (χ3v) is 2.24. The zero-order valence-electron chi connectivity index (χ0n) is 8.86. The van der Waals surface area contributed by atoms with E-state index in [1.807, 2.05) is 19.2 Å². The predicted octanol–water partition coefficient (Wildman–Crippen LogP) is 2.74. The van der Waals surface area contributed by atoms with Crippen molar-refractivity contribution in [2.45, 2.75) is 6.54 Å². The van der Waals surface area contributed by atoms with Gasteiger partial charge in [0.05, 0.1) is 0 Å². The van der Waals surface area contributed by atoms with E-state index in [9.17, 15) is 4.39 Å². The van der Waals surface area contributed by atoms with Crippen LogP contribution in [-0.4, -0.2) is 24.2 Å². The van der Waals surface area contributed by atoms with Crippen molar-refractivity contribution < 1.29 is 4.39 Å². The molecule has 0 aliphatic rings. The minimum absolute atomic E-state index is 0.174. The highest BCUT2D eigenvalue weighted by Crippen LogP contribution is 2.05. The number of hydrogen-bond donors (Lipinski definition) is 1. The standard InChI is InChI=1S/C12H16FNS/c1-14(7-2-3-8-15)10-11-5-4-6-12(13)9-11/h2-6,9,15H,7-8,10H2,1H3. The number of nitrogens with zero attached hydrogens (tertiary/aromatic N) is 1. The monoisotopic (exact) mass is 225 g/mol. The van der Waals surface area contributed by atoms with Gasteiger partial charge in [0.2, 0.25) is 0 Å². The molecule has 0 unspecified atom stereocenters. The van der Waals surface area contributed by atoms with E-state index >= 15 is 0 Å². The van der Waals surface area contributed by atoms with Gasteiger partial charge in [-0.25, -0.2) is 4.39 Å². The average Bonchev–Trinajstić information content (AvgIpc) is 2.18. The van der Waals surface area contributed by atoms with E-state index in [0.717, 1.165) is 24.4 Å². The lowest BCUT2D eigenvalue weighted by Crippen LogP contribution is -2.17. The molecule has 0 heterocycles. The van der Waals surface area contributed by atoms with Crippen LogP contribution in [0.2, 0.25) is 0 Å². The number of rotatable bonds is 5. The number of likely N-dealkylation sites (N-methyl/N-ethyl adjacent to an activating group) is 1. The van der Waals surface area contributed by atoms with Crippen molar-refractivity contribution in [3.05, 3.63) is 47.8 Å². The Morgan fingerprint density at radius 1 is 1.40 bits per heavy atom. The van der Waals surface area contributed by atoms with Crippen molar-refractivity contribution in [2.75, 3.05) is 19.3 Å². The molecule has 0 N–H and O–H groups in total. The first kappa shape index (κ1) is 12.3. The lowest BCUT2D eigenvalue weighted by Gasteiger charge is -2.14. The first-order valence-electron chi connectivity index (χ1n) is 4.91. The number of halogens is 1. The molecule has 0 aromatic heterocycles. The van der Waals surface area contributed by atoms with E-state index in [0.29, 0.717) is 0 Å². The van der Waals surface area contributed by atoms with Crippen molar-refractivity contribution in [1.29, 1.82) is 0 Å². The van der Waals surface area contributed by atoms with Crippen molar-refractivity contribution in [3.8, 4) is 0 Å². The van der Waals surface area contributed by atoms with Crippen LogP contribution in [-0.2, 0) is 6.54 Å². The van der Waals surface area contributed by atoms with Gasteiger partial charge in [-0.15, -0.1) is 0 Å². The molecule has 0 radical (unpaired) electrons. The normalized spacial score (nSPS) is 11.5. The van der Waals surface area contributed by atoms with Crippen LogP contribution in [0.15, 0.2) is 36.4 Å². The fourth-order valence-corrected chi connectivity index (χ4v) is 1.49. The Morgan fingerprint density at radius 2 is 2.20 bits per heavy atom. The summed E-state index contributed by atoms with van der Waals surface area (Å²) < 4.78 is 12.9. The second-order valence-corrected chi connectivity index (χ2v) is 3.85. The smallest absolute Gasteiger partial charge is 0.123 e. The van der Waals surface area contributed by atoms with E-state index in [1.54, 1.807) is 12.1 Å². The SMILES string of the molecule is CN(CC=CCS)Cc1cccc(F)c1. The van der Waals surface area contributed by atoms with E-state index in [4.69, 9.17) is 0 Å². The van der Waals surface area contributed by atoms with Gasteiger partial charge >= 0.3 is 0 Å². The predicted molar refractivity (Wildman–Crippen MR) is 65.7 cm³/mol. The Morgan fingerprint density at radius 3 is 2.87 bits per heavy atom. The van der Waals surface area contributed by atoms with Crippen molar-refractivity contribution in [3.63, 3.8) is 0 Å². The molecule has 0 aliphatic carbocycles. The first-order valence-corrected chi connectivity index (χ1v) is 5.54. The lowest BCUT2D eigenvalue weighted by atomic mass is 10.2. The summed E-state index contributed by atoms with van der Waals surface area (Å²) in [5.74, 6) is 0.583. The van der Waals surface area contributed by atoms with Gasteiger partial charge in [-0.1, -0.05) is 24.3 Å². The van der Waals surface area contributed by atoms with E-state index in [1.165, 1.54) is 6.07 Å². The summed E-state index contributed by atoms with van der Waals surface area (Å²) in [6.07, 6.45) is 4.07. The summed E-state index contributed by atoms with van der Waals surface area (Å²) in [6.45, 7) is 1.62. The summed E-state index contributed by atoms with van der Waals surface area (Å²) in [7, 11) is 2.01. The number of benzene rings is 1. The fourth-order valence-electron chi connectivity index (χ4n) is 1.34. The Bertz CT molecular complexity index is 325. The third kappa shape index (κ3) is 5.00. The summed E-state index contributed by atoms with van der Waals surface area (Å²) in [5, 5.41) is 0.